The predicted molar refractivity (Wildman–Crippen MR) is 69.7 cm³/mol. The van der Waals surface area contributed by atoms with Crippen molar-refractivity contribution in [1.29, 1.82) is 0 Å². The number of nitrogens with two attached hydrogens (primary N) is 1. The summed E-state index contributed by atoms with van der Waals surface area (Å²) in [7, 11) is 2.00. The van der Waals surface area contributed by atoms with E-state index >= 15 is 0 Å². The molecule has 1 aromatic carbocycles. The lowest BCUT2D eigenvalue weighted by atomic mass is 9.94. The second-order valence-electron chi connectivity index (χ2n) is 5.55. The second kappa shape index (κ2) is 3.57. The molecule has 1 aromatic heterocycles. The van der Waals surface area contributed by atoms with Crippen molar-refractivity contribution in [2.45, 2.75) is 32.2 Å². The van der Waals surface area contributed by atoms with Crippen molar-refractivity contribution in [3.63, 3.8) is 0 Å². The summed E-state index contributed by atoms with van der Waals surface area (Å²) < 4.78 is 1.95. The normalized spacial score (nSPS) is 19.5. The third-order valence-electron chi connectivity index (χ3n) is 4.18. The lowest BCUT2D eigenvalue weighted by Gasteiger charge is -2.17. The van der Waals surface area contributed by atoms with Gasteiger partial charge in [-0.2, -0.15) is 5.10 Å². The Labute approximate surface area is 102 Å². The van der Waals surface area contributed by atoms with Gasteiger partial charge in [-0.1, -0.05) is 25.1 Å². The van der Waals surface area contributed by atoms with E-state index in [1.165, 1.54) is 23.7 Å². The van der Waals surface area contributed by atoms with Crippen LogP contribution in [0.15, 0.2) is 24.3 Å². The molecule has 0 radical (unpaired) electrons. The van der Waals surface area contributed by atoms with E-state index < -0.39 is 0 Å². The first-order valence-corrected chi connectivity index (χ1v) is 6.26. The van der Waals surface area contributed by atoms with Gasteiger partial charge in [-0.25, -0.2) is 0 Å². The van der Waals surface area contributed by atoms with Gasteiger partial charge in [0.1, 0.15) is 0 Å². The molecule has 17 heavy (non-hydrogen) atoms. The van der Waals surface area contributed by atoms with Crippen LogP contribution < -0.4 is 5.73 Å². The van der Waals surface area contributed by atoms with Crippen LogP contribution in [0.1, 0.15) is 25.5 Å². The van der Waals surface area contributed by atoms with Crippen LogP contribution in [-0.2, 0) is 13.5 Å². The highest BCUT2D eigenvalue weighted by molar-refractivity contribution is 5.81. The van der Waals surface area contributed by atoms with Gasteiger partial charge in [0.05, 0.1) is 11.2 Å². The summed E-state index contributed by atoms with van der Waals surface area (Å²) in [5.74, 6) is 0. The highest BCUT2D eigenvalue weighted by atomic mass is 15.3. The molecule has 0 amide bonds. The van der Waals surface area contributed by atoms with Crippen molar-refractivity contribution in [3.05, 3.63) is 30.0 Å². The Morgan fingerprint density at radius 2 is 2.12 bits per heavy atom. The number of rotatable bonds is 3. The van der Waals surface area contributed by atoms with Gasteiger partial charge in [-0.3, -0.25) is 4.68 Å². The van der Waals surface area contributed by atoms with E-state index in [0.29, 0.717) is 5.41 Å². The third kappa shape index (κ3) is 1.75. The summed E-state index contributed by atoms with van der Waals surface area (Å²) in [6.07, 6.45) is 3.41. The molecular formula is C14H19N3. The van der Waals surface area contributed by atoms with Gasteiger partial charge in [0, 0.05) is 24.9 Å². The number of aryl methyl sites for hydroxylation is 1. The van der Waals surface area contributed by atoms with Crippen molar-refractivity contribution in [3.8, 4) is 0 Å². The van der Waals surface area contributed by atoms with Crippen LogP contribution in [0.4, 0.5) is 0 Å². The molecule has 3 heteroatoms. The zero-order chi connectivity index (χ0) is 12.0. The Bertz CT molecular complexity index is 552. The molecule has 1 aliphatic carbocycles. The molecule has 2 aromatic rings. The van der Waals surface area contributed by atoms with Gasteiger partial charge in [-0.15, -0.1) is 0 Å². The van der Waals surface area contributed by atoms with E-state index in [1.807, 2.05) is 11.7 Å². The highest BCUT2D eigenvalue weighted by Gasteiger charge is 2.43. The van der Waals surface area contributed by atoms with Crippen molar-refractivity contribution in [1.82, 2.24) is 9.78 Å². The van der Waals surface area contributed by atoms with E-state index in [4.69, 9.17) is 5.73 Å². The Balaban J connectivity index is 1.95. The molecule has 0 spiro atoms. The molecular weight excluding hydrogens is 210 g/mol. The van der Waals surface area contributed by atoms with Gasteiger partial charge in [0.15, 0.2) is 0 Å². The molecule has 3 rings (SSSR count). The van der Waals surface area contributed by atoms with Crippen molar-refractivity contribution < 1.29 is 0 Å². The van der Waals surface area contributed by atoms with E-state index in [0.717, 1.165) is 12.1 Å². The van der Waals surface area contributed by atoms with E-state index in [2.05, 4.69) is 36.3 Å². The fourth-order valence-electron chi connectivity index (χ4n) is 2.46. The summed E-state index contributed by atoms with van der Waals surface area (Å²) in [6, 6.07) is 8.60. The lowest BCUT2D eigenvalue weighted by molar-refractivity contribution is 0.429. The zero-order valence-corrected chi connectivity index (χ0v) is 10.5. The fraction of sp³-hybridized carbons (Fsp3) is 0.500. The molecule has 2 N–H and O–H groups in total. The Morgan fingerprint density at radius 1 is 1.41 bits per heavy atom. The molecule has 0 saturated heterocycles. The summed E-state index contributed by atoms with van der Waals surface area (Å²) >= 11 is 0. The first-order valence-electron chi connectivity index (χ1n) is 6.26. The molecule has 1 atom stereocenters. The fourth-order valence-corrected chi connectivity index (χ4v) is 2.46. The number of hydrogen-bond donors (Lipinski definition) is 1. The molecule has 1 unspecified atom stereocenters. The average molecular weight is 229 g/mol. The van der Waals surface area contributed by atoms with Crippen LogP contribution in [0.2, 0.25) is 0 Å². The highest BCUT2D eigenvalue weighted by Crippen LogP contribution is 2.48. The molecule has 3 nitrogen and oxygen atoms in total. The smallest absolute Gasteiger partial charge is 0.0718 e. The molecule has 1 fully saturated rings. The summed E-state index contributed by atoms with van der Waals surface area (Å²) in [5.41, 5.74) is 8.99. The Kier molecular flexibility index (Phi) is 2.26. The average Bonchev–Trinajstić information content (AvgIpc) is 3.00. The van der Waals surface area contributed by atoms with Gasteiger partial charge in [0.25, 0.3) is 0 Å². The van der Waals surface area contributed by atoms with Crippen LogP contribution in [-0.4, -0.2) is 15.8 Å². The number of para-hydroxylation sites is 1. The van der Waals surface area contributed by atoms with Crippen LogP contribution in [0.5, 0.6) is 0 Å². The Morgan fingerprint density at radius 3 is 2.82 bits per heavy atom. The molecule has 1 aliphatic rings. The van der Waals surface area contributed by atoms with Gasteiger partial charge >= 0.3 is 0 Å². The number of aromatic nitrogens is 2. The van der Waals surface area contributed by atoms with Gasteiger partial charge in [0.2, 0.25) is 0 Å². The zero-order valence-electron chi connectivity index (χ0n) is 10.5. The molecule has 0 aliphatic heterocycles. The largest absolute Gasteiger partial charge is 0.327 e. The van der Waals surface area contributed by atoms with Crippen molar-refractivity contribution >= 4 is 10.9 Å². The number of nitrogens with zero attached hydrogens (tertiary/aromatic N) is 2. The minimum Gasteiger partial charge on any atom is -0.327 e. The molecule has 90 valence electrons. The van der Waals surface area contributed by atoms with Gasteiger partial charge < -0.3 is 5.73 Å². The second-order valence-corrected chi connectivity index (χ2v) is 5.55. The van der Waals surface area contributed by atoms with Gasteiger partial charge in [-0.05, 0) is 24.3 Å². The topological polar surface area (TPSA) is 43.8 Å². The molecule has 0 bridgehead atoms. The maximum atomic E-state index is 6.30. The van der Waals surface area contributed by atoms with Crippen LogP contribution in [0.3, 0.4) is 0 Å². The third-order valence-corrected chi connectivity index (χ3v) is 4.18. The van der Waals surface area contributed by atoms with Crippen LogP contribution in [0.25, 0.3) is 10.9 Å². The van der Waals surface area contributed by atoms with E-state index in [9.17, 15) is 0 Å². The molecule has 1 saturated carbocycles. The minimum absolute atomic E-state index is 0.237. The lowest BCUT2D eigenvalue weighted by Crippen LogP contribution is -2.32. The van der Waals surface area contributed by atoms with E-state index in [1.54, 1.807) is 0 Å². The molecule has 1 heterocycles. The number of hydrogen-bond acceptors (Lipinski definition) is 2. The summed E-state index contributed by atoms with van der Waals surface area (Å²) in [4.78, 5) is 0. The monoisotopic (exact) mass is 229 g/mol. The Hall–Kier alpha value is -1.35. The number of benzene rings is 1. The summed E-state index contributed by atoms with van der Waals surface area (Å²) in [6.45, 7) is 2.28. The predicted octanol–water partition coefficient (Wildman–Crippen LogP) is 2.24. The van der Waals surface area contributed by atoms with Crippen LogP contribution >= 0.6 is 0 Å². The van der Waals surface area contributed by atoms with E-state index in [-0.39, 0.29) is 6.04 Å². The summed E-state index contributed by atoms with van der Waals surface area (Å²) in [5, 5.41) is 5.85. The minimum atomic E-state index is 0.237. The first kappa shape index (κ1) is 10.8. The SMILES string of the molecule is Cn1nc(CC(N)C2(C)CC2)c2ccccc21. The maximum Gasteiger partial charge on any atom is 0.0718 e. The number of fused-ring (bicyclic) bond motifs is 1. The van der Waals surface area contributed by atoms with Crippen molar-refractivity contribution in [2.75, 3.05) is 0 Å². The van der Waals surface area contributed by atoms with Crippen molar-refractivity contribution in [2.24, 2.45) is 18.2 Å². The quantitative estimate of drug-likeness (QED) is 0.877. The van der Waals surface area contributed by atoms with Crippen LogP contribution in [0, 0.1) is 5.41 Å². The first-order chi connectivity index (χ1) is 8.10. The maximum absolute atomic E-state index is 6.30. The standard InChI is InChI=1S/C14H19N3/c1-14(7-8-14)13(15)9-11-10-5-3-4-6-12(10)17(2)16-11/h3-6,13H,7-9,15H2,1-2H3.